The van der Waals surface area contributed by atoms with Gasteiger partial charge in [-0.3, -0.25) is 10.1 Å². The van der Waals surface area contributed by atoms with Crippen molar-refractivity contribution in [2.75, 3.05) is 31.6 Å². The minimum atomic E-state index is -0.370. The highest BCUT2D eigenvalue weighted by atomic mass is 16.6. The van der Waals surface area contributed by atoms with Crippen LogP contribution in [0.25, 0.3) is 0 Å². The second-order valence-electron chi connectivity index (χ2n) is 4.95. The largest absolute Gasteiger partial charge is 0.494 e. The molecule has 1 aliphatic heterocycles. The number of nitro groups is 1. The van der Waals surface area contributed by atoms with Gasteiger partial charge in [-0.2, -0.15) is 0 Å². The van der Waals surface area contributed by atoms with Crippen molar-refractivity contribution in [3.05, 3.63) is 28.3 Å². The average Bonchev–Trinajstić information content (AvgIpc) is 2.47. The second kappa shape index (κ2) is 6.56. The van der Waals surface area contributed by atoms with Crippen LogP contribution in [0, 0.1) is 10.1 Å². The number of nitrogens with one attached hydrogen (secondary N) is 1. The molecule has 1 atom stereocenters. The third-order valence-electron chi connectivity index (χ3n) is 3.59. The molecule has 0 amide bonds. The molecule has 110 valence electrons. The fraction of sp³-hybridized carbons (Fsp3) is 0.571. The molecule has 20 heavy (non-hydrogen) atoms. The highest BCUT2D eigenvalue weighted by Crippen LogP contribution is 2.30. The standard InChI is InChI=1S/C14H21N3O3/c1-3-20-14-8-12(7-13(9-14)17(18)19)16-6-4-5-11(10-16)15-2/h7-9,11,15H,3-6,10H2,1-2H3. The third-order valence-corrected chi connectivity index (χ3v) is 3.59. The van der Waals surface area contributed by atoms with Gasteiger partial charge in [0.15, 0.2) is 0 Å². The Hall–Kier alpha value is -1.82. The number of benzene rings is 1. The Labute approximate surface area is 118 Å². The van der Waals surface area contributed by atoms with E-state index in [1.54, 1.807) is 6.07 Å². The summed E-state index contributed by atoms with van der Waals surface area (Å²) in [5, 5.41) is 14.3. The van der Waals surface area contributed by atoms with Crippen LogP contribution in [0.1, 0.15) is 19.8 Å². The Balaban J connectivity index is 2.27. The molecule has 0 aromatic heterocycles. The maximum absolute atomic E-state index is 11.0. The molecule has 0 saturated carbocycles. The number of ether oxygens (including phenoxy) is 1. The lowest BCUT2D eigenvalue weighted by Crippen LogP contribution is -2.44. The molecule has 1 unspecified atom stereocenters. The van der Waals surface area contributed by atoms with Crippen molar-refractivity contribution in [3.63, 3.8) is 0 Å². The van der Waals surface area contributed by atoms with Crippen molar-refractivity contribution < 1.29 is 9.66 Å². The number of nitrogens with zero attached hydrogens (tertiary/aromatic N) is 2. The Morgan fingerprint density at radius 2 is 2.30 bits per heavy atom. The molecular weight excluding hydrogens is 258 g/mol. The van der Waals surface area contributed by atoms with Gasteiger partial charge in [0.25, 0.3) is 5.69 Å². The van der Waals surface area contributed by atoms with E-state index in [1.807, 2.05) is 20.0 Å². The van der Waals surface area contributed by atoms with Gasteiger partial charge in [-0.1, -0.05) is 0 Å². The second-order valence-corrected chi connectivity index (χ2v) is 4.95. The van der Waals surface area contributed by atoms with Crippen LogP contribution in [-0.4, -0.2) is 37.7 Å². The number of anilines is 1. The first-order valence-electron chi connectivity index (χ1n) is 6.98. The van der Waals surface area contributed by atoms with E-state index in [4.69, 9.17) is 4.74 Å². The number of hydrogen-bond acceptors (Lipinski definition) is 5. The smallest absolute Gasteiger partial charge is 0.275 e. The van der Waals surface area contributed by atoms with E-state index < -0.39 is 0 Å². The van der Waals surface area contributed by atoms with E-state index in [0.29, 0.717) is 18.4 Å². The van der Waals surface area contributed by atoms with Gasteiger partial charge in [0.05, 0.1) is 17.6 Å². The van der Waals surface area contributed by atoms with Crippen LogP contribution in [0.5, 0.6) is 5.75 Å². The zero-order valence-corrected chi connectivity index (χ0v) is 12.0. The topological polar surface area (TPSA) is 67.6 Å². The Morgan fingerprint density at radius 1 is 1.50 bits per heavy atom. The summed E-state index contributed by atoms with van der Waals surface area (Å²) in [5.74, 6) is 0.559. The molecule has 1 saturated heterocycles. The van der Waals surface area contributed by atoms with Gasteiger partial charge in [0.1, 0.15) is 5.75 Å². The van der Waals surface area contributed by atoms with Gasteiger partial charge in [0.2, 0.25) is 0 Å². The Kier molecular flexibility index (Phi) is 4.79. The lowest BCUT2D eigenvalue weighted by Gasteiger charge is -2.34. The van der Waals surface area contributed by atoms with E-state index in [0.717, 1.165) is 31.6 Å². The van der Waals surface area contributed by atoms with Crippen LogP contribution in [0.3, 0.4) is 0 Å². The fourth-order valence-corrected chi connectivity index (χ4v) is 2.55. The van der Waals surface area contributed by atoms with Crippen molar-refractivity contribution >= 4 is 11.4 Å². The van der Waals surface area contributed by atoms with Crippen molar-refractivity contribution in [1.29, 1.82) is 0 Å². The molecule has 1 aliphatic rings. The van der Waals surface area contributed by atoms with E-state index in [1.165, 1.54) is 6.07 Å². The normalized spacial score (nSPS) is 18.9. The summed E-state index contributed by atoms with van der Waals surface area (Å²) in [6.45, 7) is 4.16. The van der Waals surface area contributed by atoms with Crippen LogP contribution in [0.15, 0.2) is 18.2 Å². The lowest BCUT2D eigenvalue weighted by atomic mass is 10.0. The predicted octanol–water partition coefficient (Wildman–Crippen LogP) is 2.18. The fourth-order valence-electron chi connectivity index (χ4n) is 2.55. The minimum absolute atomic E-state index is 0.0810. The summed E-state index contributed by atoms with van der Waals surface area (Å²) in [6.07, 6.45) is 2.22. The van der Waals surface area contributed by atoms with E-state index >= 15 is 0 Å². The molecule has 1 N–H and O–H groups in total. The van der Waals surface area contributed by atoms with Gasteiger partial charge in [-0.15, -0.1) is 0 Å². The molecule has 0 radical (unpaired) electrons. The van der Waals surface area contributed by atoms with E-state index in [9.17, 15) is 10.1 Å². The summed E-state index contributed by atoms with van der Waals surface area (Å²) < 4.78 is 5.43. The maximum atomic E-state index is 11.0. The van der Waals surface area contributed by atoms with Gasteiger partial charge in [-0.05, 0) is 26.8 Å². The highest BCUT2D eigenvalue weighted by Gasteiger charge is 2.21. The number of nitro benzene ring substituents is 1. The van der Waals surface area contributed by atoms with Crippen LogP contribution in [-0.2, 0) is 0 Å². The number of rotatable bonds is 5. The van der Waals surface area contributed by atoms with E-state index in [-0.39, 0.29) is 10.6 Å². The molecular formula is C14H21N3O3. The molecule has 1 fully saturated rings. The Bertz CT molecular complexity index is 479. The summed E-state index contributed by atoms with van der Waals surface area (Å²) in [5.41, 5.74) is 0.945. The highest BCUT2D eigenvalue weighted by molar-refractivity contribution is 5.58. The van der Waals surface area contributed by atoms with Gasteiger partial charge in [-0.25, -0.2) is 0 Å². The number of non-ortho nitro benzene ring substituents is 1. The van der Waals surface area contributed by atoms with Crippen LogP contribution in [0.4, 0.5) is 11.4 Å². The molecule has 0 aliphatic carbocycles. The van der Waals surface area contributed by atoms with Gasteiger partial charge in [0, 0.05) is 37.0 Å². The summed E-state index contributed by atoms with van der Waals surface area (Å²) >= 11 is 0. The molecule has 2 rings (SSSR count). The van der Waals surface area contributed by atoms with Gasteiger partial charge >= 0.3 is 0 Å². The van der Waals surface area contributed by atoms with Crippen molar-refractivity contribution in [2.24, 2.45) is 0 Å². The van der Waals surface area contributed by atoms with Crippen molar-refractivity contribution in [3.8, 4) is 5.75 Å². The predicted molar refractivity (Wildman–Crippen MR) is 78.6 cm³/mol. The average molecular weight is 279 g/mol. The molecule has 6 heteroatoms. The third kappa shape index (κ3) is 3.39. The molecule has 6 nitrogen and oxygen atoms in total. The lowest BCUT2D eigenvalue weighted by molar-refractivity contribution is -0.384. The zero-order chi connectivity index (χ0) is 14.5. The minimum Gasteiger partial charge on any atom is -0.494 e. The van der Waals surface area contributed by atoms with Crippen molar-refractivity contribution in [1.82, 2.24) is 5.32 Å². The van der Waals surface area contributed by atoms with E-state index in [2.05, 4.69) is 10.2 Å². The van der Waals surface area contributed by atoms with Crippen molar-refractivity contribution in [2.45, 2.75) is 25.8 Å². The first kappa shape index (κ1) is 14.6. The molecule has 1 aromatic rings. The number of likely N-dealkylation sites (N-methyl/N-ethyl adjacent to an activating group) is 1. The Morgan fingerprint density at radius 3 is 2.95 bits per heavy atom. The quantitative estimate of drug-likeness (QED) is 0.661. The number of hydrogen-bond donors (Lipinski definition) is 1. The molecule has 0 bridgehead atoms. The molecule has 1 heterocycles. The summed E-state index contributed by atoms with van der Waals surface area (Å²) in [6, 6.07) is 5.42. The zero-order valence-electron chi connectivity index (χ0n) is 12.0. The SMILES string of the molecule is CCOc1cc(N2CCCC(NC)C2)cc([N+](=O)[O-])c1. The number of piperidine rings is 1. The monoisotopic (exact) mass is 279 g/mol. The van der Waals surface area contributed by atoms with Crippen LogP contribution in [0.2, 0.25) is 0 Å². The van der Waals surface area contributed by atoms with Crippen LogP contribution >= 0.6 is 0 Å². The van der Waals surface area contributed by atoms with Crippen LogP contribution < -0.4 is 15.0 Å². The first-order valence-corrected chi connectivity index (χ1v) is 6.98. The summed E-state index contributed by atoms with van der Waals surface area (Å²) in [4.78, 5) is 12.8. The van der Waals surface area contributed by atoms with Gasteiger partial charge < -0.3 is 15.0 Å². The molecule has 1 aromatic carbocycles. The summed E-state index contributed by atoms with van der Waals surface area (Å²) in [7, 11) is 1.95. The first-order chi connectivity index (χ1) is 9.63. The molecule has 0 spiro atoms. The maximum Gasteiger partial charge on any atom is 0.275 e.